The maximum absolute atomic E-state index is 12.6. The highest BCUT2D eigenvalue weighted by atomic mass is 32.2. The lowest BCUT2D eigenvalue weighted by atomic mass is 10.2. The molecule has 0 saturated carbocycles. The molecule has 2 aliphatic heterocycles. The van der Waals surface area contributed by atoms with Crippen molar-refractivity contribution in [2.75, 3.05) is 43.1 Å². The fourth-order valence-electron chi connectivity index (χ4n) is 3.33. The number of hydrogen-bond acceptors (Lipinski definition) is 6. The van der Waals surface area contributed by atoms with Crippen molar-refractivity contribution in [3.05, 3.63) is 65.1 Å². The Morgan fingerprint density at radius 2 is 1.73 bits per heavy atom. The number of carbonyl (C=O) groups is 3. The van der Waals surface area contributed by atoms with E-state index < -0.39 is 17.1 Å². The summed E-state index contributed by atoms with van der Waals surface area (Å²) in [4.78, 5) is 41.0. The Labute approximate surface area is 178 Å². The highest BCUT2D eigenvalue weighted by Gasteiger charge is 2.36. The van der Waals surface area contributed by atoms with E-state index in [-0.39, 0.29) is 6.54 Å². The maximum atomic E-state index is 12.6. The minimum atomic E-state index is -0.453. The van der Waals surface area contributed by atoms with Crippen molar-refractivity contribution in [2.24, 2.45) is 0 Å². The van der Waals surface area contributed by atoms with Gasteiger partial charge in [0.05, 0.1) is 29.5 Å². The summed E-state index contributed by atoms with van der Waals surface area (Å²) in [6, 6.07) is 16.8. The summed E-state index contributed by atoms with van der Waals surface area (Å²) in [5, 5.41) is 2.40. The van der Waals surface area contributed by atoms with Gasteiger partial charge in [0.25, 0.3) is 11.1 Å². The molecule has 2 heterocycles. The molecule has 3 amide bonds. The Balaban J connectivity index is 1.44. The predicted octanol–water partition coefficient (Wildman–Crippen LogP) is 3.20. The molecule has 0 aromatic heterocycles. The quantitative estimate of drug-likeness (QED) is 0.744. The van der Waals surface area contributed by atoms with Crippen molar-refractivity contribution in [1.29, 1.82) is 0 Å². The van der Waals surface area contributed by atoms with E-state index in [1.54, 1.807) is 6.08 Å². The molecule has 4 rings (SSSR count). The van der Waals surface area contributed by atoms with Crippen LogP contribution in [0.2, 0.25) is 0 Å². The van der Waals surface area contributed by atoms with Crippen molar-refractivity contribution in [3.63, 3.8) is 0 Å². The summed E-state index contributed by atoms with van der Waals surface area (Å²) in [6.45, 7) is 2.41. The average molecular weight is 423 g/mol. The lowest BCUT2D eigenvalue weighted by molar-refractivity contribution is -0.127. The maximum Gasteiger partial charge on any atom is 0.294 e. The van der Waals surface area contributed by atoms with Gasteiger partial charge >= 0.3 is 0 Å². The monoisotopic (exact) mass is 423 g/mol. The van der Waals surface area contributed by atoms with Crippen LogP contribution in [0.5, 0.6) is 0 Å². The first-order valence-corrected chi connectivity index (χ1v) is 10.5. The van der Waals surface area contributed by atoms with Gasteiger partial charge in [-0.1, -0.05) is 42.5 Å². The topological polar surface area (TPSA) is 79.0 Å². The second-order valence-corrected chi connectivity index (χ2v) is 7.84. The first-order chi connectivity index (χ1) is 14.6. The van der Waals surface area contributed by atoms with Gasteiger partial charge in [-0.15, -0.1) is 0 Å². The molecule has 0 spiro atoms. The number of benzene rings is 2. The molecule has 0 unspecified atom stereocenters. The molecule has 0 atom stereocenters. The summed E-state index contributed by atoms with van der Waals surface area (Å²) < 4.78 is 5.39. The van der Waals surface area contributed by atoms with Gasteiger partial charge in [-0.25, -0.2) is 0 Å². The van der Waals surface area contributed by atoms with Crippen LogP contribution in [0.4, 0.5) is 16.2 Å². The number of nitrogens with one attached hydrogen (secondary N) is 1. The van der Waals surface area contributed by atoms with Gasteiger partial charge in [-0.2, -0.15) is 0 Å². The third-order valence-electron chi connectivity index (χ3n) is 4.80. The molecular formula is C22H21N3O4S. The minimum Gasteiger partial charge on any atom is -0.378 e. The van der Waals surface area contributed by atoms with Crippen LogP contribution < -0.4 is 10.2 Å². The summed E-state index contributed by atoms with van der Waals surface area (Å²) in [5.41, 5.74) is 2.37. The number of carbonyl (C=O) groups excluding carboxylic acids is 3. The van der Waals surface area contributed by atoms with Crippen LogP contribution in [0, 0.1) is 0 Å². The molecule has 1 N–H and O–H groups in total. The summed E-state index contributed by atoms with van der Waals surface area (Å²) in [5.74, 6) is -0.871. The Morgan fingerprint density at radius 1 is 1.03 bits per heavy atom. The van der Waals surface area contributed by atoms with E-state index in [1.807, 2.05) is 54.6 Å². The Kier molecular flexibility index (Phi) is 6.15. The zero-order valence-electron chi connectivity index (χ0n) is 16.2. The first-order valence-electron chi connectivity index (χ1n) is 9.64. The summed E-state index contributed by atoms with van der Waals surface area (Å²) >= 11 is 0.847. The van der Waals surface area contributed by atoms with Gasteiger partial charge in [0.1, 0.15) is 6.54 Å². The molecule has 154 valence electrons. The predicted molar refractivity (Wildman–Crippen MR) is 117 cm³/mol. The number of thioether (sulfide) groups is 1. The molecule has 7 nitrogen and oxygen atoms in total. The average Bonchev–Trinajstić information content (AvgIpc) is 3.03. The number of imide groups is 1. The van der Waals surface area contributed by atoms with Crippen molar-refractivity contribution >= 4 is 46.3 Å². The van der Waals surface area contributed by atoms with Gasteiger partial charge in [0.15, 0.2) is 0 Å². The van der Waals surface area contributed by atoms with E-state index in [0.717, 1.165) is 41.0 Å². The standard InChI is InChI=1S/C22H21N3O4S/c26-20(23-17-8-4-5-9-18(17)24-10-12-29-13-11-24)15-25-21(27)19(30-22(25)28)14-16-6-2-1-3-7-16/h1-9,14H,10-13,15H2,(H,23,26)/b19-14+. The molecule has 0 bridgehead atoms. The van der Waals surface area contributed by atoms with Crippen molar-refractivity contribution < 1.29 is 19.1 Å². The van der Waals surface area contributed by atoms with Crippen LogP contribution in [0.15, 0.2) is 59.5 Å². The van der Waals surface area contributed by atoms with Gasteiger partial charge in [0, 0.05) is 13.1 Å². The van der Waals surface area contributed by atoms with E-state index in [9.17, 15) is 14.4 Å². The number of nitrogens with zero attached hydrogens (tertiary/aromatic N) is 2. The smallest absolute Gasteiger partial charge is 0.294 e. The van der Waals surface area contributed by atoms with Crippen molar-refractivity contribution in [2.45, 2.75) is 0 Å². The first kappa shape index (κ1) is 20.2. The molecule has 2 fully saturated rings. The van der Waals surface area contributed by atoms with E-state index in [4.69, 9.17) is 4.74 Å². The van der Waals surface area contributed by atoms with Crippen LogP contribution in [0.1, 0.15) is 5.56 Å². The third kappa shape index (κ3) is 4.55. The van der Waals surface area contributed by atoms with Crippen LogP contribution in [0.25, 0.3) is 6.08 Å². The minimum absolute atomic E-state index is 0.313. The molecule has 2 aliphatic rings. The number of anilines is 2. The van der Waals surface area contributed by atoms with Crippen LogP contribution in [-0.2, 0) is 14.3 Å². The van der Waals surface area contributed by atoms with E-state index >= 15 is 0 Å². The molecule has 2 aromatic rings. The number of rotatable bonds is 5. The van der Waals surface area contributed by atoms with E-state index in [0.29, 0.717) is 23.8 Å². The molecule has 2 aromatic carbocycles. The number of para-hydroxylation sites is 2. The van der Waals surface area contributed by atoms with E-state index in [2.05, 4.69) is 10.2 Å². The lowest BCUT2D eigenvalue weighted by Crippen LogP contribution is -2.38. The number of ether oxygens (including phenoxy) is 1. The van der Waals surface area contributed by atoms with Crippen LogP contribution in [0.3, 0.4) is 0 Å². The molecule has 30 heavy (non-hydrogen) atoms. The van der Waals surface area contributed by atoms with Gasteiger partial charge in [0.2, 0.25) is 5.91 Å². The highest BCUT2D eigenvalue weighted by Crippen LogP contribution is 2.32. The molecule has 0 radical (unpaired) electrons. The number of morpholine rings is 1. The normalized spacial score (nSPS) is 18.2. The molecular weight excluding hydrogens is 402 g/mol. The zero-order chi connectivity index (χ0) is 20.9. The third-order valence-corrected chi connectivity index (χ3v) is 5.71. The second kappa shape index (κ2) is 9.15. The zero-order valence-corrected chi connectivity index (χ0v) is 17.1. The van der Waals surface area contributed by atoms with Crippen molar-refractivity contribution in [1.82, 2.24) is 4.90 Å². The number of hydrogen-bond donors (Lipinski definition) is 1. The summed E-state index contributed by atoms with van der Waals surface area (Å²) in [7, 11) is 0. The van der Waals surface area contributed by atoms with Gasteiger partial charge in [-0.05, 0) is 35.5 Å². The van der Waals surface area contributed by atoms with Gasteiger partial charge < -0.3 is 15.0 Å². The fourth-order valence-corrected chi connectivity index (χ4v) is 4.17. The fraction of sp³-hybridized carbons (Fsp3) is 0.227. The van der Waals surface area contributed by atoms with Crippen LogP contribution in [-0.4, -0.2) is 54.8 Å². The largest absolute Gasteiger partial charge is 0.378 e. The Morgan fingerprint density at radius 3 is 2.50 bits per heavy atom. The second-order valence-electron chi connectivity index (χ2n) is 6.84. The van der Waals surface area contributed by atoms with Gasteiger partial charge in [-0.3, -0.25) is 19.3 Å². The Hall–Kier alpha value is -3.10. The molecule has 0 aliphatic carbocycles. The molecule has 8 heteroatoms. The SMILES string of the molecule is O=C(CN1C(=O)S/C(=C/c2ccccc2)C1=O)Nc1ccccc1N1CCOCC1. The Bertz CT molecular complexity index is 987. The highest BCUT2D eigenvalue weighted by molar-refractivity contribution is 8.18. The lowest BCUT2D eigenvalue weighted by Gasteiger charge is -2.30. The van der Waals surface area contributed by atoms with Crippen LogP contribution >= 0.6 is 11.8 Å². The number of amides is 3. The summed E-state index contributed by atoms with van der Waals surface area (Å²) in [6.07, 6.45) is 1.66. The van der Waals surface area contributed by atoms with E-state index in [1.165, 1.54) is 0 Å². The molecule has 2 saturated heterocycles. The van der Waals surface area contributed by atoms with Crippen molar-refractivity contribution in [3.8, 4) is 0 Å².